The Morgan fingerprint density at radius 1 is 1.70 bits per heavy atom. The Bertz CT molecular complexity index is 263. The molecule has 1 rings (SSSR count). The standard InChI is InChI=1S/C5H5FO3S/c1-2-5-4(6)3-10(7,8)9-5/h1,4-5H,3H2. The fraction of sp³-hybridized carbons (Fsp3) is 0.600. The lowest BCUT2D eigenvalue weighted by Crippen LogP contribution is -2.15. The molecule has 56 valence electrons. The molecule has 0 radical (unpaired) electrons. The van der Waals surface area contributed by atoms with Crippen molar-refractivity contribution >= 4 is 10.1 Å². The largest absolute Gasteiger partial charge is 0.271 e. The summed E-state index contributed by atoms with van der Waals surface area (Å²) < 4.78 is 37.5. The smallest absolute Gasteiger partial charge is 0.250 e. The van der Waals surface area contributed by atoms with E-state index in [1.807, 2.05) is 5.92 Å². The fourth-order valence-electron chi connectivity index (χ4n) is 0.672. The maximum Gasteiger partial charge on any atom is 0.271 e. The SMILES string of the molecule is C#CC1OS(=O)(=O)CC1F. The quantitative estimate of drug-likeness (QED) is 0.364. The normalized spacial score (nSPS) is 37.2. The molecule has 0 spiro atoms. The van der Waals surface area contributed by atoms with Gasteiger partial charge in [0.25, 0.3) is 10.1 Å². The second-order valence-corrected chi connectivity index (χ2v) is 3.56. The summed E-state index contributed by atoms with van der Waals surface area (Å²) in [6.07, 6.45) is 1.97. The van der Waals surface area contributed by atoms with Gasteiger partial charge in [-0.2, -0.15) is 8.42 Å². The summed E-state index contributed by atoms with van der Waals surface area (Å²) in [6, 6.07) is 0. The maximum atomic E-state index is 12.4. The summed E-state index contributed by atoms with van der Waals surface area (Å²) in [7, 11) is -3.67. The van der Waals surface area contributed by atoms with Crippen LogP contribution in [-0.2, 0) is 14.3 Å². The van der Waals surface area contributed by atoms with Crippen LogP contribution in [0.1, 0.15) is 0 Å². The molecule has 10 heavy (non-hydrogen) atoms. The van der Waals surface area contributed by atoms with Crippen LogP contribution in [-0.4, -0.2) is 26.4 Å². The van der Waals surface area contributed by atoms with Crippen molar-refractivity contribution in [3.8, 4) is 12.3 Å². The van der Waals surface area contributed by atoms with Gasteiger partial charge in [-0.25, -0.2) is 4.39 Å². The van der Waals surface area contributed by atoms with Crippen LogP contribution in [0.5, 0.6) is 0 Å². The summed E-state index contributed by atoms with van der Waals surface area (Å²) in [5.41, 5.74) is 0. The predicted molar refractivity (Wildman–Crippen MR) is 32.4 cm³/mol. The highest BCUT2D eigenvalue weighted by molar-refractivity contribution is 7.87. The van der Waals surface area contributed by atoms with Gasteiger partial charge in [0.15, 0.2) is 12.3 Å². The topological polar surface area (TPSA) is 43.4 Å². The summed E-state index contributed by atoms with van der Waals surface area (Å²) in [6.45, 7) is 0. The van der Waals surface area contributed by atoms with Gasteiger partial charge >= 0.3 is 0 Å². The second-order valence-electron chi connectivity index (χ2n) is 1.92. The van der Waals surface area contributed by atoms with Gasteiger partial charge in [-0.05, 0) is 0 Å². The van der Waals surface area contributed by atoms with Crippen molar-refractivity contribution in [1.29, 1.82) is 0 Å². The lowest BCUT2D eigenvalue weighted by molar-refractivity contribution is 0.203. The van der Waals surface area contributed by atoms with E-state index >= 15 is 0 Å². The molecular formula is C5H5FO3S. The monoisotopic (exact) mass is 164 g/mol. The van der Waals surface area contributed by atoms with Crippen LogP contribution in [0.2, 0.25) is 0 Å². The molecule has 0 saturated carbocycles. The third kappa shape index (κ3) is 1.28. The zero-order chi connectivity index (χ0) is 7.78. The zero-order valence-electron chi connectivity index (χ0n) is 4.95. The maximum absolute atomic E-state index is 12.4. The first-order valence-corrected chi connectivity index (χ1v) is 4.14. The highest BCUT2D eigenvalue weighted by atomic mass is 32.2. The first-order valence-electron chi connectivity index (χ1n) is 2.56. The minimum absolute atomic E-state index is 0.623. The van der Waals surface area contributed by atoms with E-state index in [0.717, 1.165) is 0 Å². The molecule has 1 aliphatic heterocycles. The van der Waals surface area contributed by atoms with Crippen LogP contribution in [0.4, 0.5) is 4.39 Å². The molecule has 0 aromatic rings. The van der Waals surface area contributed by atoms with Crippen molar-refractivity contribution in [1.82, 2.24) is 0 Å². The van der Waals surface area contributed by atoms with Crippen LogP contribution in [0.25, 0.3) is 0 Å². The summed E-state index contributed by atoms with van der Waals surface area (Å²) >= 11 is 0. The number of terminal acetylenes is 1. The molecule has 1 saturated heterocycles. The van der Waals surface area contributed by atoms with E-state index in [1.54, 1.807) is 0 Å². The zero-order valence-corrected chi connectivity index (χ0v) is 5.77. The minimum atomic E-state index is -3.67. The number of hydrogen-bond donors (Lipinski definition) is 0. The van der Waals surface area contributed by atoms with Gasteiger partial charge in [0.05, 0.1) is 0 Å². The van der Waals surface area contributed by atoms with E-state index in [-0.39, 0.29) is 0 Å². The van der Waals surface area contributed by atoms with Crippen molar-refractivity contribution in [2.75, 3.05) is 5.75 Å². The molecule has 3 nitrogen and oxygen atoms in total. The van der Waals surface area contributed by atoms with E-state index in [0.29, 0.717) is 0 Å². The molecule has 5 heteroatoms. The highest BCUT2D eigenvalue weighted by Gasteiger charge is 2.37. The molecule has 2 atom stereocenters. The molecule has 0 bridgehead atoms. The minimum Gasteiger partial charge on any atom is -0.250 e. The third-order valence-corrected chi connectivity index (χ3v) is 2.33. The third-order valence-electron chi connectivity index (χ3n) is 1.11. The van der Waals surface area contributed by atoms with Crippen LogP contribution in [0.3, 0.4) is 0 Å². The number of alkyl halides is 1. The molecule has 1 aliphatic rings. The average Bonchev–Trinajstić information content (AvgIpc) is 2.05. The van der Waals surface area contributed by atoms with Gasteiger partial charge in [-0.1, -0.05) is 5.92 Å². The molecule has 0 N–H and O–H groups in total. The Hall–Kier alpha value is -0.600. The van der Waals surface area contributed by atoms with E-state index in [2.05, 4.69) is 4.18 Å². The van der Waals surface area contributed by atoms with Crippen LogP contribution in [0.15, 0.2) is 0 Å². The molecule has 0 amide bonds. The summed E-state index contributed by atoms with van der Waals surface area (Å²) in [5, 5.41) is 0. The van der Waals surface area contributed by atoms with Gasteiger partial charge in [-0.15, -0.1) is 6.42 Å². The number of halogens is 1. The molecule has 0 aromatic carbocycles. The van der Waals surface area contributed by atoms with Gasteiger partial charge < -0.3 is 0 Å². The summed E-state index contributed by atoms with van der Waals surface area (Å²) in [4.78, 5) is 0. The number of hydrogen-bond acceptors (Lipinski definition) is 3. The highest BCUT2D eigenvalue weighted by Crippen LogP contribution is 2.18. The Morgan fingerprint density at radius 3 is 2.50 bits per heavy atom. The Balaban J connectivity index is 2.83. The molecule has 0 aromatic heterocycles. The molecule has 2 unspecified atom stereocenters. The van der Waals surface area contributed by atoms with Crippen molar-refractivity contribution in [2.24, 2.45) is 0 Å². The fourth-order valence-corrected chi connectivity index (χ4v) is 1.81. The van der Waals surface area contributed by atoms with Crippen molar-refractivity contribution in [2.45, 2.75) is 12.3 Å². The van der Waals surface area contributed by atoms with Crippen LogP contribution in [0, 0.1) is 12.3 Å². The summed E-state index contributed by atoms with van der Waals surface area (Å²) in [5.74, 6) is 1.27. The van der Waals surface area contributed by atoms with Crippen molar-refractivity contribution in [3.05, 3.63) is 0 Å². The van der Waals surface area contributed by atoms with Crippen LogP contribution >= 0.6 is 0 Å². The van der Waals surface area contributed by atoms with Gasteiger partial charge in [0.1, 0.15) is 5.75 Å². The Labute approximate surface area is 58.3 Å². The lowest BCUT2D eigenvalue weighted by atomic mass is 10.3. The van der Waals surface area contributed by atoms with Gasteiger partial charge in [-0.3, -0.25) is 4.18 Å². The molecule has 1 heterocycles. The van der Waals surface area contributed by atoms with Gasteiger partial charge in [0, 0.05) is 0 Å². The Morgan fingerprint density at radius 2 is 2.30 bits per heavy atom. The van der Waals surface area contributed by atoms with Gasteiger partial charge in [0.2, 0.25) is 0 Å². The average molecular weight is 164 g/mol. The first kappa shape index (κ1) is 7.51. The predicted octanol–water partition coefficient (Wildman–Crippen LogP) is -0.314. The molecular weight excluding hydrogens is 159 g/mol. The van der Waals surface area contributed by atoms with Crippen molar-refractivity contribution in [3.63, 3.8) is 0 Å². The first-order chi connectivity index (χ1) is 4.55. The van der Waals surface area contributed by atoms with Crippen molar-refractivity contribution < 1.29 is 17.0 Å². The lowest BCUT2D eigenvalue weighted by Gasteiger charge is -1.97. The van der Waals surface area contributed by atoms with E-state index in [1.165, 1.54) is 0 Å². The van der Waals surface area contributed by atoms with Crippen LogP contribution < -0.4 is 0 Å². The number of rotatable bonds is 0. The molecule has 0 aliphatic carbocycles. The Kier molecular flexibility index (Phi) is 1.67. The molecule has 1 fully saturated rings. The van der Waals surface area contributed by atoms with E-state index < -0.39 is 28.1 Å². The van der Waals surface area contributed by atoms with E-state index in [4.69, 9.17) is 6.42 Å². The van der Waals surface area contributed by atoms with E-state index in [9.17, 15) is 12.8 Å². The second kappa shape index (κ2) is 2.22.